The third-order valence-corrected chi connectivity index (χ3v) is 13.0. The molecule has 2 N–H and O–H groups in total. The summed E-state index contributed by atoms with van der Waals surface area (Å²) in [7, 11) is 0. The summed E-state index contributed by atoms with van der Waals surface area (Å²) in [6, 6.07) is 34.1. The summed E-state index contributed by atoms with van der Waals surface area (Å²) in [5.41, 5.74) is 9.75. The molecule has 4 aromatic rings. The molecule has 4 aromatic carbocycles. The minimum absolute atomic E-state index is 0. The molecule has 3 atom stereocenters. The summed E-state index contributed by atoms with van der Waals surface area (Å²) in [4.78, 5) is 45.9. The zero-order chi connectivity index (χ0) is 38.2. The normalized spacial score (nSPS) is 22.8. The molecule has 0 bridgehead atoms. The lowest BCUT2D eigenvalue weighted by atomic mass is 9.69. The van der Waals surface area contributed by atoms with E-state index >= 15 is 0 Å². The molecule has 3 amide bonds. The minimum atomic E-state index is -0.590. The van der Waals surface area contributed by atoms with Gasteiger partial charge < -0.3 is 19.8 Å². The summed E-state index contributed by atoms with van der Waals surface area (Å²) in [5, 5.41) is 12.6. The van der Waals surface area contributed by atoms with Gasteiger partial charge in [0.15, 0.2) is 0 Å². The van der Waals surface area contributed by atoms with Crippen LogP contribution in [0.15, 0.2) is 103 Å². The van der Waals surface area contributed by atoms with Gasteiger partial charge in [-0.15, -0.1) is 0 Å². The van der Waals surface area contributed by atoms with Crippen LogP contribution in [0, 0.1) is 5.92 Å². The van der Waals surface area contributed by atoms with Gasteiger partial charge >= 0.3 is 0 Å². The van der Waals surface area contributed by atoms with E-state index in [-0.39, 0.29) is 44.9 Å². The lowest BCUT2D eigenvalue weighted by Gasteiger charge is -2.40. The Morgan fingerprint density at radius 2 is 1.34 bits per heavy atom. The molecule has 0 aromatic heterocycles. The van der Waals surface area contributed by atoms with Gasteiger partial charge in [-0.2, -0.15) is 0 Å². The first-order valence-electron chi connectivity index (χ1n) is 20.5. The van der Waals surface area contributed by atoms with Crippen LogP contribution < -0.4 is 15.1 Å². The third kappa shape index (κ3) is 8.42. The molecule has 4 heterocycles. The van der Waals surface area contributed by atoms with Gasteiger partial charge in [0.2, 0.25) is 17.7 Å². The van der Waals surface area contributed by atoms with Gasteiger partial charge in [0.1, 0.15) is 11.8 Å². The van der Waals surface area contributed by atoms with Crippen molar-refractivity contribution in [1.29, 1.82) is 0 Å². The lowest BCUT2D eigenvalue weighted by Crippen LogP contribution is -2.53. The van der Waals surface area contributed by atoms with Crippen molar-refractivity contribution in [3.63, 3.8) is 0 Å². The minimum Gasteiger partial charge on any atom is -0.508 e. The van der Waals surface area contributed by atoms with Crippen molar-refractivity contribution in [2.45, 2.75) is 71.3 Å². The van der Waals surface area contributed by atoms with Crippen molar-refractivity contribution in [2.24, 2.45) is 5.92 Å². The number of hydrogen-bond acceptors (Lipinski definition) is 7. The van der Waals surface area contributed by atoms with Gasteiger partial charge in [-0.3, -0.25) is 24.6 Å². The van der Waals surface area contributed by atoms with E-state index in [1.165, 1.54) is 46.5 Å². The molecule has 9 nitrogen and oxygen atoms in total. The number of nitrogens with one attached hydrogen (secondary N) is 1. The van der Waals surface area contributed by atoms with Gasteiger partial charge in [-0.1, -0.05) is 75.5 Å². The van der Waals surface area contributed by atoms with Crippen LogP contribution >= 0.6 is 0 Å². The summed E-state index contributed by atoms with van der Waals surface area (Å²) in [6.45, 7) is 7.80. The number of piperazine rings is 1. The van der Waals surface area contributed by atoms with E-state index in [4.69, 9.17) is 0 Å². The number of aromatic hydroxyl groups is 1. The van der Waals surface area contributed by atoms with Crippen LogP contribution in [0.3, 0.4) is 0 Å². The Labute approximate surface area is 344 Å². The first-order valence-corrected chi connectivity index (χ1v) is 20.5. The van der Waals surface area contributed by atoms with Crippen LogP contribution in [0.2, 0.25) is 0 Å². The van der Waals surface area contributed by atoms with Crippen molar-refractivity contribution in [3.8, 4) is 5.75 Å². The molecule has 0 spiro atoms. The molecule has 304 valence electrons. The predicted octanol–water partition coefficient (Wildman–Crippen LogP) is 7.60. The van der Waals surface area contributed by atoms with Crippen LogP contribution in [0.5, 0.6) is 5.75 Å². The predicted molar refractivity (Wildman–Crippen MR) is 233 cm³/mol. The van der Waals surface area contributed by atoms with Gasteiger partial charge in [-0.05, 0) is 114 Å². The number of amides is 3. The standard InChI is InChI=1S/C47H51N5O4.2CH4/c53-40-15-17-42-36(28-40)10-16-41(34-4-2-1-3-5-34)46(42)35-8-13-38(14-9-35)50-22-20-32(21-23-50)30-49-24-26-51(27-25-49)39-11-6-33(7-12-39)37-29-45(55)52(31-37)43-18-19-44(54)48-47(43)56;;/h1-9,11-15,17,28-29,32,41,43,46,53H,10,16,18-27,30-31H2,(H,48,54,56);2*1H4/t41-,43?,46+;;/m1../s1. The van der Waals surface area contributed by atoms with Crippen molar-refractivity contribution >= 4 is 34.7 Å². The van der Waals surface area contributed by atoms with Crippen molar-refractivity contribution in [3.05, 3.63) is 131 Å². The molecule has 5 aliphatic rings. The molecule has 4 aliphatic heterocycles. The SMILES string of the molecule is C.C.O=C1CCC(N2CC(c3ccc(N4CCN(CC5CCN(c6ccc([C@@H]7c8ccc(O)cc8CC[C@@H]7c7ccccc7)cc6)CC5)CC4)cc3)=CC2=O)C(=O)N1. The average Bonchev–Trinajstić information content (AvgIpc) is 3.62. The Bertz CT molecular complexity index is 2100. The Balaban J connectivity index is 0.00000256. The van der Waals surface area contributed by atoms with E-state index in [1.807, 2.05) is 12.1 Å². The molecule has 0 saturated carbocycles. The number of phenols is 1. The number of rotatable bonds is 8. The van der Waals surface area contributed by atoms with E-state index in [9.17, 15) is 19.5 Å². The van der Waals surface area contributed by atoms with E-state index in [1.54, 1.807) is 11.0 Å². The maximum Gasteiger partial charge on any atom is 0.249 e. The maximum absolute atomic E-state index is 12.8. The van der Waals surface area contributed by atoms with Gasteiger partial charge in [-0.25, -0.2) is 0 Å². The van der Waals surface area contributed by atoms with Crippen LogP contribution in [-0.2, 0) is 20.8 Å². The smallest absolute Gasteiger partial charge is 0.249 e. The Morgan fingerprint density at radius 1 is 0.672 bits per heavy atom. The Morgan fingerprint density at radius 3 is 2.03 bits per heavy atom. The summed E-state index contributed by atoms with van der Waals surface area (Å²) >= 11 is 0. The fraction of sp³-hybridized carbons (Fsp3) is 0.408. The number of hydrogen-bond donors (Lipinski definition) is 2. The molecule has 1 aliphatic carbocycles. The number of aryl methyl sites for hydroxylation is 1. The molecular weight excluding hydrogens is 723 g/mol. The van der Waals surface area contributed by atoms with Gasteiger partial charge in [0.25, 0.3) is 0 Å². The second-order valence-corrected chi connectivity index (χ2v) is 16.4. The highest BCUT2D eigenvalue weighted by atomic mass is 16.3. The van der Waals surface area contributed by atoms with E-state index in [0.717, 1.165) is 69.8 Å². The molecular formula is C49H59N5O4. The number of fused-ring (bicyclic) bond motifs is 1. The Hall–Kier alpha value is -5.41. The van der Waals surface area contributed by atoms with Crippen LogP contribution in [0.1, 0.15) is 86.6 Å². The highest BCUT2D eigenvalue weighted by Crippen LogP contribution is 2.47. The largest absolute Gasteiger partial charge is 0.508 e. The molecule has 0 radical (unpaired) electrons. The average molecular weight is 782 g/mol. The molecule has 58 heavy (non-hydrogen) atoms. The molecule has 9 rings (SSSR count). The molecule has 9 heteroatoms. The fourth-order valence-corrected chi connectivity index (χ4v) is 9.94. The quantitative estimate of drug-likeness (QED) is 0.178. The third-order valence-electron chi connectivity index (χ3n) is 13.0. The Kier molecular flexibility index (Phi) is 12.4. The van der Waals surface area contributed by atoms with E-state index < -0.39 is 6.04 Å². The second-order valence-electron chi connectivity index (χ2n) is 16.4. The number of piperidine rings is 2. The monoisotopic (exact) mass is 781 g/mol. The first-order chi connectivity index (χ1) is 27.4. The number of anilines is 2. The van der Waals surface area contributed by atoms with E-state index in [2.05, 4.69) is 105 Å². The summed E-state index contributed by atoms with van der Waals surface area (Å²) < 4.78 is 0. The fourth-order valence-electron chi connectivity index (χ4n) is 9.94. The number of imide groups is 1. The van der Waals surface area contributed by atoms with E-state index in [0.29, 0.717) is 30.6 Å². The number of carbonyl (C=O) groups is 3. The van der Waals surface area contributed by atoms with Crippen molar-refractivity contribution in [1.82, 2.24) is 15.1 Å². The number of benzene rings is 4. The van der Waals surface area contributed by atoms with Crippen LogP contribution in [0.4, 0.5) is 11.4 Å². The van der Waals surface area contributed by atoms with Gasteiger partial charge in [0.05, 0.1) is 0 Å². The summed E-state index contributed by atoms with van der Waals surface area (Å²) in [5.74, 6) is 0.914. The summed E-state index contributed by atoms with van der Waals surface area (Å²) in [6.07, 6.45) is 6.73. The number of carbonyl (C=O) groups excluding carboxylic acids is 3. The van der Waals surface area contributed by atoms with Crippen LogP contribution in [0.25, 0.3) is 5.57 Å². The van der Waals surface area contributed by atoms with Crippen LogP contribution in [-0.4, -0.2) is 91.0 Å². The zero-order valence-electron chi connectivity index (χ0n) is 32.0. The van der Waals surface area contributed by atoms with Gasteiger partial charge in [0, 0.05) is 82.1 Å². The first kappa shape index (κ1) is 40.8. The number of nitrogens with zero attached hydrogens (tertiary/aromatic N) is 4. The zero-order valence-corrected chi connectivity index (χ0v) is 32.0. The highest BCUT2D eigenvalue weighted by molar-refractivity contribution is 6.06. The van der Waals surface area contributed by atoms with Crippen molar-refractivity contribution < 1.29 is 19.5 Å². The topological polar surface area (TPSA) is 96.4 Å². The number of phenolic OH excluding ortho intramolecular Hbond substituents is 1. The highest BCUT2D eigenvalue weighted by Gasteiger charge is 2.37. The molecule has 3 fully saturated rings. The van der Waals surface area contributed by atoms with Crippen molar-refractivity contribution in [2.75, 3.05) is 62.2 Å². The maximum atomic E-state index is 12.8. The molecule has 3 saturated heterocycles. The molecule has 1 unspecified atom stereocenters. The lowest BCUT2D eigenvalue weighted by molar-refractivity contribution is -0.142. The second kappa shape index (κ2) is 17.6.